The summed E-state index contributed by atoms with van der Waals surface area (Å²) in [6.07, 6.45) is 12.6. The molecule has 5 nitrogen and oxygen atoms in total. The van der Waals surface area contributed by atoms with Crippen LogP contribution in [0.4, 0.5) is 0 Å². The molecule has 0 fully saturated rings. The zero-order valence-corrected chi connectivity index (χ0v) is 15.7. The summed E-state index contributed by atoms with van der Waals surface area (Å²) in [5, 5.41) is 9.08. The second-order valence-electron chi connectivity index (χ2n) is 6.47. The minimum atomic E-state index is -4.11. The van der Waals surface area contributed by atoms with E-state index >= 15 is 0 Å². The van der Waals surface area contributed by atoms with Crippen LogP contribution in [0, 0.1) is 0 Å². The van der Waals surface area contributed by atoms with E-state index in [9.17, 15) is 8.42 Å². The van der Waals surface area contributed by atoms with Gasteiger partial charge in [-0.1, -0.05) is 71.1 Å². The van der Waals surface area contributed by atoms with Crippen molar-refractivity contribution in [2.45, 2.75) is 96.7 Å². The van der Waals surface area contributed by atoms with Crippen LogP contribution in [0.15, 0.2) is 0 Å². The molecule has 0 aliphatic heterocycles. The molecule has 0 saturated carbocycles. The summed E-state index contributed by atoms with van der Waals surface area (Å²) in [7, 11) is -4.11. The van der Waals surface area contributed by atoms with Gasteiger partial charge in [0.25, 0.3) is 10.1 Å². The van der Waals surface area contributed by atoms with Crippen LogP contribution >= 0.6 is 0 Å². The summed E-state index contributed by atoms with van der Waals surface area (Å²) in [6.45, 7) is 3.71. The molecule has 6 heteroatoms. The topological polar surface area (TPSA) is 83.8 Å². The van der Waals surface area contributed by atoms with Crippen molar-refractivity contribution in [2.75, 3.05) is 12.4 Å². The van der Waals surface area contributed by atoms with Gasteiger partial charge in [0.05, 0.1) is 18.8 Å². The second-order valence-corrected chi connectivity index (χ2v) is 7.97. The molecule has 2 N–H and O–H groups in total. The Hall–Kier alpha value is -0.170. The quantitative estimate of drug-likeness (QED) is 0.324. The van der Waals surface area contributed by atoms with Crippen molar-refractivity contribution in [3.8, 4) is 0 Å². The molecule has 0 amide bonds. The SMILES string of the molecule is CCCCCCCCCCCCC(C)OC(CO)CS(=O)(=O)O. The molecule has 23 heavy (non-hydrogen) atoms. The standard InChI is InChI=1S/C17H36O5S/c1-3-4-5-6-7-8-9-10-11-12-13-16(2)22-17(14-18)15-23(19,20)21/h16-18H,3-15H2,1-2H3,(H,19,20,21). The molecule has 0 heterocycles. The molecule has 0 radical (unpaired) electrons. The highest BCUT2D eigenvalue weighted by Crippen LogP contribution is 2.13. The van der Waals surface area contributed by atoms with Crippen molar-refractivity contribution in [2.24, 2.45) is 0 Å². The Balaban J connectivity index is 3.53. The molecule has 0 spiro atoms. The third-order valence-electron chi connectivity index (χ3n) is 3.99. The van der Waals surface area contributed by atoms with Gasteiger partial charge in [-0.05, 0) is 13.3 Å². The fraction of sp³-hybridized carbons (Fsp3) is 1.00. The highest BCUT2D eigenvalue weighted by Gasteiger charge is 2.19. The Morgan fingerprint density at radius 2 is 1.39 bits per heavy atom. The minimum Gasteiger partial charge on any atom is -0.394 e. The Kier molecular flexibility index (Phi) is 14.1. The number of hydrogen-bond acceptors (Lipinski definition) is 4. The maximum Gasteiger partial charge on any atom is 0.267 e. The van der Waals surface area contributed by atoms with Gasteiger partial charge in [0.15, 0.2) is 0 Å². The maximum atomic E-state index is 10.8. The van der Waals surface area contributed by atoms with Crippen molar-refractivity contribution in [3.05, 3.63) is 0 Å². The molecule has 2 atom stereocenters. The van der Waals surface area contributed by atoms with Crippen LogP contribution in [0.25, 0.3) is 0 Å². The molecule has 0 aromatic heterocycles. The van der Waals surface area contributed by atoms with E-state index in [1.807, 2.05) is 6.92 Å². The van der Waals surface area contributed by atoms with Gasteiger partial charge in [-0.15, -0.1) is 0 Å². The predicted octanol–water partition coefficient (Wildman–Crippen LogP) is 3.95. The Labute approximate surface area is 142 Å². The van der Waals surface area contributed by atoms with E-state index < -0.39 is 28.6 Å². The lowest BCUT2D eigenvalue weighted by atomic mass is 10.0. The monoisotopic (exact) mass is 352 g/mol. The van der Waals surface area contributed by atoms with Crippen LogP contribution in [-0.2, 0) is 14.9 Å². The van der Waals surface area contributed by atoms with Crippen molar-refractivity contribution in [3.63, 3.8) is 0 Å². The molecule has 0 aromatic rings. The first-order chi connectivity index (χ1) is 10.9. The summed E-state index contributed by atoms with van der Waals surface area (Å²) >= 11 is 0. The van der Waals surface area contributed by atoms with Crippen molar-refractivity contribution in [1.82, 2.24) is 0 Å². The summed E-state index contributed by atoms with van der Waals surface area (Å²) < 4.78 is 35.8. The second kappa shape index (κ2) is 14.2. The number of hydrogen-bond donors (Lipinski definition) is 2. The Morgan fingerprint density at radius 3 is 1.83 bits per heavy atom. The van der Waals surface area contributed by atoms with Gasteiger partial charge in [-0.25, -0.2) is 0 Å². The number of aliphatic hydroxyl groups is 1. The molecule has 0 bridgehead atoms. The average Bonchev–Trinajstić information content (AvgIpc) is 2.47. The molecule has 140 valence electrons. The van der Waals surface area contributed by atoms with E-state index in [1.165, 1.54) is 51.4 Å². The normalized spacial score (nSPS) is 14.8. The Bertz CT molecular complexity index is 356. The zero-order chi connectivity index (χ0) is 17.6. The highest BCUT2D eigenvalue weighted by molar-refractivity contribution is 7.85. The molecule has 0 rings (SSSR count). The number of rotatable bonds is 16. The van der Waals surface area contributed by atoms with Gasteiger partial charge in [-0.3, -0.25) is 4.55 Å². The largest absolute Gasteiger partial charge is 0.394 e. The van der Waals surface area contributed by atoms with Gasteiger partial charge in [-0.2, -0.15) is 8.42 Å². The van der Waals surface area contributed by atoms with E-state index in [-0.39, 0.29) is 6.10 Å². The third-order valence-corrected chi connectivity index (χ3v) is 4.78. The fourth-order valence-electron chi connectivity index (χ4n) is 2.69. The van der Waals surface area contributed by atoms with Gasteiger partial charge in [0.1, 0.15) is 5.75 Å². The van der Waals surface area contributed by atoms with Crippen LogP contribution in [0.5, 0.6) is 0 Å². The first-order valence-electron chi connectivity index (χ1n) is 9.10. The van der Waals surface area contributed by atoms with Crippen LogP contribution in [0.2, 0.25) is 0 Å². The van der Waals surface area contributed by atoms with Crippen LogP contribution in [0.3, 0.4) is 0 Å². The van der Waals surface area contributed by atoms with Crippen molar-refractivity contribution >= 4 is 10.1 Å². The van der Waals surface area contributed by atoms with Crippen molar-refractivity contribution in [1.29, 1.82) is 0 Å². The fourth-order valence-corrected chi connectivity index (χ4v) is 3.34. The first kappa shape index (κ1) is 22.8. The first-order valence-corrected chi connectivity index (χ1v) is 10.7. The van der Waals surface area contributed by atoms with Gasteiger partial charge in [0.2, 0.25) is 0 Å². The minimum absolute atomic E-state index is 0.108. The van der Waals surface area contributed by atoms with Gasteiger partial charge in [0, 0.05) is 0 Å². The molecule has 0 saturated heterocycles. The summed E-state index contributed by atoms with van der Waals surface area (Å²) in [4.78, 5) is 0. The highest BCUT2D eigenvalue weighted by atomic mass is 32.2. The summed E-state index contributed by atoms with van der Waals surface area (Å²) in [5.74, 6) is -0.550. The molecular weight excluding hydrogens is 316 g/mol. The molecule has 0 aromatic carbocycles. The van der Waals surface area contributed by atoms with E-state index in [1.54, 1.807) is 0 Å². The lowest BCUT2D eigenvalue weighted by Gasteiger charge is -2.19. The molecular formula is C17H36O5S. The van der Waals surface area contributed by atoms with E-state index in [4.69, 9.17) is 14.4 Å². The molecule has 0 aliphatic carbocycles. The maximum absolute atomic E-state index is 10.8. The van der Waals surface area contributed by atoms with E-state index in [2.05, 4.69) is 6.92 Å². The molecule has 0 aliphatic rings. The lowest BCUT2D eigenvalue weighted by Crippen LogP contribution is -2.30. The molecule has 2 unspecified atom stereocenters. The predicted molar refractivity (Wildman–Crippen MR) is 94.3 cm³/mol. The number of unbranched alkanes of at least 4 members (excludes halogenated alkanes) is 9. The third kappa shape index (κ3) is 16.5. The number of aliphatic hydroxyl groups excluding tert-OH is 1. The van der Waals surface area contributed by atoms with Crippen molar-refractivity contribution < 1.29 is 22.8 Å². The van der Waals surface area contributed by atoms with Gasteiger partial charge >= 0.3 is 0 Å². The van der Waals surface area contributed by atoms with Crippen LogP contribution in [-0.4, -0.2) is 42.6 Å². The van der Waals surface area contributed by atoms with E-state index in [0.717, 1.165) is 19.3 Å². The summed E-state index contributed by atoms with van der Waals surface area (Å²) in [5.41, 5.74) is 0. The van der Waals surface area contributed by atoms with E-state index in [0.29, 0.717) is 0 Å². The van der Waals surface area contributed by atoms with Crippen LogP contribution in [0.1, 0.15) is 84.5 Å². The average molecular weight is 353 g/mol. The Morgan fingerprint density at radius 1 is 0.913 bits per heavy atom. The van der Waals surface area contributed by atoms with Crippen LogP contribution < -0.4 is 0 Å². The number of ether oxygens (including phenoxy) is 1. The van der Waals surface area contributed by atoms with Gasteiger partial charge < -0.3 is 9.84 Å². The summed E-state index contributed by atoms with van der Waals surface area (Å²) in [6, 6.07) is 0. The lowest BCUT2D eigenvalue weighted by molar-refractivity contribution is -0.0234. The zero-order valence-electron chi connectivity index (χ0n) is 14.9. The smallest absolute Gasteiger partial charge is 0.267 e.